The van der Waals surface area contributed by atoms with Crippen molar-refractivity contribution >= 4 is 33.3 Å². The summed E-state index contributed by atoms with van der Waals surface area (Å²) in [4.78, 5) is 13.0. The van der Waals surface area contributed by atoms with Crippen LogP contribution in [0.5, 0.6) is 0 Å². The van der Waals surface area contributed by atoms with E-state index >= 15 is 0 Å². The van der Waals surface area contributed by atoms with Gasteiger partial charge in [-0.15, -0.1) is 10.2 Å². The maximum Gasteiger partial charge on any atom is 0.251 e. The number of sulfonamides is 1. The predicted molar refractivity (Wildman–Crippen MR) is 114 cm³/mol. The summed E-state index contributed by atoms with van der Waals surface area (Å²) in [7, 11) is -0.713. The molecule has 2 heterocycles. The lowest BCUT2D eigenvalue weighted by Crippen LogP contribution is -2.30. The van der Waals surface area contributed by atoms with Crippen LogP contribution in [-0.4, -0.2) is 59.3 Å². The highest BCUT2D eigenvalue weighted by molar-refractivity contribution is 7.98. The minimum absolute atomic E-state index is 0.0729. The van der Waals surface area contributed by atoms with Crippen LogP contribution in [0, 0.1) is 0 Å². The van der Waals surface area contributed by atoms with Gasteiger partial charge in [-0.1, -0.05) is 12.1 Å². The monoisotopic (exact) mass is 433 g/mol. The first-order valence-corrected chi connectivity index (χ1v) is 11.8. The lowest BCUT2D eigenvalue weighted by atomic mass is 10.1. The van der Waals surface area contributed by atoms with Crippen LogP contribution < -0.4 is 5.32 Å². The van der Waals surface area contributed by atoms with Crippen LogP contribution in [0.4, 0.5) is 0 Å². The average Bonchev–Trinajstić information content (AvgIpc) is 3.15. The molecule has 154 valence electrons. The number of aromatic nitrogens is 3. The third kappa shape index (κ3) is 4.60. The molecule has 2 aromatic heterocycles. The molecule has 0 aliphatic rings. The fraction of sp³-hybridized carbons (Fsp3) is 0.316. The van der Waals surface area contributed by atoms with Crippen LogP contribution in [0.2, 0.25) is 0 Å². The number of carbonyl (C=O) groups excluding carboxylic acids is 1. The summed E-state index contributed by atoms with van der Waals surface area (Å²) >= 11 is 1.67. The van der Waals surface area contributed by atoms with Gasteiger partial charge in [0, 0.05) is 25.9 Å². The molecule has 3 aromatic rings. The fourth-order valence-electron chi connectivity index (χ4n) is 2.85. The largest absolute Gasteiger partial charge is 0.342 e. The number of nitrogens with zero attached hydrogens (tertiary/aromatic N) is 4. The molecule has 0 saturated carbocycles. The van der Waals surface area contributed by atoms with Crippen molar-refractivity contribution in [2.75, 3.05) is 26.1 Å². The van der Waals surface area contributed by atoms with E-state index in [1.807, 2.05) is 35.1 Å². The van der Waals surface area contributed by atoms with Crippen molar-refractivity contribution in [2.24, 2.45) is 0 Å². The molecule has 1 atom stereocenters. The van der Waals surface area contributed by atoms with Gasteiger partial charge in [0.05, 0.1) is 10.9 Å². The van der Waals surface area contributed by atoms with Crippen LogP contribution in [0.15, 0.2) is 53.6 Å². The van der Waals surface area contributed by atoms with Crippen molar-refractivity contribution in [1.82, 2.24) is 24.2 Å². The highest BCUT2D eigenvalue weighted by Gasteiger charge is 2.23. The Kier molecular flexibility index (Phi) is 6.56. The number of amides is 1. The summed E-state index contributed by atoms with van der Waals surface area (Å²) < 4.78 is 27.7. The Labute approximate surface area is 174 Å². The third-order valence-corrected chi connectivity index (χ3v) is 6.90. The molecule has 1 aromatic carbocycles. The van der Waals surface area contributed by atoms with Crippen LogP contribution >= 0.6 is 11.8 Å². The second-order valence-electron chi connectivity index (χ2n) is 6.61. The quantitative estimate of drug-likeness (QED) is 0.585. The van der Waals surface area contributed by atoms with Crippen molar-refractivity contribution in [3.05, 3.63) is 60.0 Å². The highest BCUT2D eigenvalue weighted by atomic mass is 32.2. The molecule has 0 unspecified atom stereocenters. The van der Waals surface area contributed by atoms with E-state index in [0.717, 1.165) is 10.1 Å². The second kappa shape index (κ2) is 8.93. The Hall–Kier alpha value is -2.43. The van der Waals surface area contributed by atoms with Gasteiger partial charge >= 0.3 is 0 Å². The van der Waals surface area contributed by atoms with Crippen molar-refractivity contribution < 1.29 is 13.2 Å². The number of thioether (sulfide) groups is 1. The summed E-state index contributed by atoms with van der Waals surface area (Å²) in [5, 5.41) is 11.4. The Bertz CT molecular complexity index is 1110. The Morgan fingerprint density at radius 1 is 1.21 bits per heavy atom. The molecule has 0 saturated heterocycles. The average molecular weight is 434 g/mol. The first-order valence-electron chi connectivity index (χ1n) is 8.96. The molecule has 0 aliphatic carbocycles. The normalized spacial score (nSPS) is 13.0. The molecule has 10 heteroatoms. The van der Waals surface area contributed by atoms with Gasteiger partial charge < -0.3 is 5.32 Å². The Balaban J connectivity index is 1.90. The maximum atomic E-state index is 12.9. The second-order valence-corrected chi connectivity index (χ2v) is 9.75. The molecular formula is C19H23N5O3S2. The summed E-state index contributed by atoms with van der Waals surface area (Å²) in [5.74, 6) is 1.10. The van der Waals surface area contributed by atoms with Crippen molar-refractivity contribution in [2.45, 2.75) is 17.4 Å². The van der Waals surface area contributed by atoms with E-state index < -0.39 is 10.0 Å². The van der Waals surface area contributed by atoms with E-state index in [1.165, 1.54) is 26.2 Å². The molecule has 0 fully saturated rings. The van der Waals surface area contributed by atoms with Gasteiger partial charge in [-0.25, -0.2) is 12.7 Å². The molecule has 0 bridgehead atoms. The van der Waals surface area contributed by atoms with Crippen molar-refractivity contribution in [1.29, 1.82) is 0 Å². The first kappa shape index (κ1) is 21.3. The van der Waals surface area contributed by atoms with Gasteiger partial charge in [0.25, 0.3) is 5.91 Å². The molecule has 0 spiro atoms. The van der Waals surface area contributed by atoms with E-state index in [-0.39, 0.29) is 22.4 Å². The number of rotatable bonds is 8. The number of pyridine rings is 1. The van der Waals surface area contributed by atoms with Gasteiger partial charge in [0.15, 0.2) is 11.5 Å². The van der Waals surface area contributed by atoms with E-state index in [4.69, 9.17) is 0 Å². The number of nitrogens with one attached hydrogen (secondary N) is 1. The highest BCUT2D eigenvalue weighted by Crippen LogP contribution is 2.20. The molecular weight excluding hydrogens is 410 g/mol. The fourth-order valence-corrected chi connectivity index (χ4v) is 4.27. The van der Waals surface area contributed by atoms with E-state index in [2.05, 4.69) is 15.5 Å². The van der Waals surface area contributed by atoms with Gasteiger partial charge in [0.2, 0.25) is 10.0 Å². The van der Waals surface area contributed by atoms with E-state index in [0.29, 0.717) is 17.9 Å². The zero-order chi connectivity index (χ0) is 21.0. The van der Waals surface area contributed by atoms with Gasteiger partial charge in [-0.05, 0) is 48.8 Å². The topological polar surface area (TPSA) is 96.7 Å². The minimum Gasteiger partial charge on any atom is -0.342 e. The Morgan fingerprint density at radius 3 is 2.72 bits per heavy atom. The molecule has 8 nitrogen and oxygen atoms in total. The number of carbonyl (C=O) groups is 1. The minimum atomic E-state index is -3.62. The van der Waals surface area contributed by atoms with Gasteiger partial charge in [0.1, 0.15) is 0 Å². The number of benzene rings is 1. The molecule has 1 amide bonds. The lowest BCUT2D eigenvalue weighted by molar-refractivity contribution is 0.0933. The Morgan fingerprint density at radius 2 is 2.00 bits per heavy atom. The summed E-state index contributed by atoms with van der Waals surface area (Å²) in [6, 6.07) is 11.3. The van der Waals surface area contributed by atoms with Crippen molar-refractivity contribution in [3.8, 4) is 0 Å². The molecule has 1 N–H and O–H groups in total. The standard InChI is InChI=1S/C19H23N5O3S2/c1-23(2)29(26,27)15-8-6-7-14(13-15)19(25)20-16(10-12-28-3)18-22-21-17-9-4-5-11-24(17)18/h4-9,11,13,16H,10,12H2,1-3H3,(H,20,25)/t16-/m0/s1. The SMILES string of the molecule is CSCC[C@H](NC(=O)c1cccc(S(=O)(=O)N(C)C)c1)c1nnc2ccccn12. The number of fused-ring (bicyclic) bond motifs is 1. The lowest BCUT2D eigenvalue weighted by Gasteiger charge is -2.18. The summed E-state index contributed by atoms with van der Waals surface area (Å²) in [6.07, 6.45) is 4.52. The van der Waals surface area contributed by atoms with E-state index in [9.17, 15) is 13.2 Å². The number of hydrogen-bond donors (Lipinski definition) is 1. The van der Waals surface area contributed by atoms with E-state index in [1.54, 1.807) is 23.9 Å². The number of hydrogen-bond acceptors (Lipinski definition) is 6. The third-order valence-electron chi connectivity index (χ3n) is 4.44. The van der Waals surface area contributed by atoms with Crippen LogP contribution in [-0.2, 0) is 10.0 Å². The van der Waals surface area contributed by atoms with Crippen LogP contribution in [0.3, 0.4) is 0 Å². The molecule has 0 radical (unpaired) electrons. The summed E-state index contributed by atoms with van der Waals surface area (Å²) in [6.45, 7) is 0. The first-order chi connectivity index (χ1) is 13.8. The molecule has 29 heavy (non-hydrogen) atoms. The molecule has 3 rings (SSSR count). The molecule has 0 aliphatic heterocycles. The zero-order valence-corrected chi connectivity index (χ0v) is 18.1. The van der Waals surface area contributed by atoms with Gasteiger partial charge in [-0.2, -0.15) is 11.8 Å². The zero-order valence-electron chi connectivity index (χ0n) is 16.4. The van der Waals surface area contributed by atoms with Crippen LogP contribution in [0.25, 0.3) is 5.65 Å². The van der Waals surface area contributed by atoms with Crippen molar-refractivity contribution in [3.63, 3.8) is 0 Å². The predicted octanol–water partition coefficient (Wildman–Crippen LogP) is 2.20. The van der Waals surface area contributed by atoms with Gasteiger partial charge in [-0.3, -0.25) is 9.20 Å². The van der Waals surface area contributed by atoms with Crippen LogP contribution in [0.1, 0.15) is 28.6 Å². The maximum absolute atomic E-state index is 12.9. The summed E-state index contributed by atoms with van der Waals surface area (Å²) in [5.41, 5.74) is 0.973. The smallest absolute Gasteiger partial charge is 0.251 e.